The number of rotatable bonds is 21. The van der Waals surface area contributed by atoms with Gasteiger partial charge in [-0.3, -0.25) is 23.5 Å². The van der Waals surface area contributed by atoms with Crippen LogP contribution in [0.15, 0.2) is 82.5 Å². The molecule has 65 heavy (non-hydrogen) atoms. The summed E-state index contributed by atoms with van der Waals surface area (Å²) in [5.74, 6) is 0.568. The molecule has 1 amide bonds. The molecule has 0 spiro atoms. The van der Waals surface area contributed by atoms with Gasteiger partial charge in [-0.2, -0.15) is 5.10 Å². The SMILES string of the molecule is Cn1c(=O)n(C2CCC(=O)CC2=O)c2cccc(CCCOCCOCCCC3(c4ccc(-n5cc(NC(=O)c6coc(-c7ccnc(NCC8CC8)c7)n6)c(C(F)F)n5)cc4)CC3)c21. The zero-order chi connectivity index (χ0) is 45.1. The number of halogens is 2. The van der Waals surface area contributed by atoms with Gasteiger partial charge in [-0.15, -0.1) is 0 Å². The largest absolute Gasteiger partial charge is 0.444 e. The summed E-state index contributed by atoms with van der Waals surface area (Å²) in [5.41, 5.74) is 3.97. The minimum Gasteiger partial charge on any atom is -0.444 e. The molecule has 0 bridgehead atoms. The van der Waals surface area contributed by atoms with Gasteiger partial charge in [0.05, 0.1) is 54.3 Å². The zero-order valence-corrected chi connectivity index (χ0v) is 36.3. The zero-order valence-electron chi connectivity index (χ0n) is 36.3. The van der Waals surface area contributed by atoms with E-state index < -0.39 is 24.1 Å². The van der Waals surface area contributed by atoms with E-state index in [0.717, 1.165) is 49.7 Å². The summed E-state index contributed by atoms with van der Waals surface area (Å²) < 4.78 is 50.1. The summed E-state index contributed by atoms with van der Waals surface area (Å²) in [6.07, 6.45) is 9.60. The van der Waals surface area contributed by atoms with E-state index in [-0.39, 0.29) is 46.4 Å². The fourth-order valence-corrected chi connectivity index (χ4v) is 8.86. The fraction of sp³-hybridized carbons (Fsp3) is 0.438. The van der Waals surface area contributed by atoms with Crippen molar-refractivity contribution in [2.24, 2.45) is 13.0 Å². The van der Waals surface area contributed by atoms with E-state index in [1.165, 1.54) is 35.5 Å². The van der Waals surface area contributed by atoms with Crippen LogP contribution in [0, 0.1) is 5.92 Å². The standard InChI is InChI=1S/C48H52F2N8O7/c1-56-43-31(5-2-7-39(43)58(47(56)62)38-15-14-35(59)26-40(38)60)6-3-21-63-23-24-64-22-4-17-48(18-19-48)33-10-12-34(13-11-33)57-28-36(42(55-57)44(49)50)53-45(61)37-29-65-46(54-37)32-16-20-51-41(25-32)52-27-30-8-9-30/h2,5,7,10-13,16,20,25,28-30,38,44H,3-4,6,8-9,14-15,17-19,21-24,26-27H2,1H3,(H,51,52)(H,53,61). The molecule has 340 valence electrons. The Morgan fingerprint density at radius 1 is 0.985 bits per heavy atom. The monoisotopic (exact) mass is 890 g/mol. The number of imidazole rings is 1. The van der Waals surface area contributed by atoms with Crippen molar-refractivity contribution < 1.29 is 37.1 Å². The highest BCUT2D eigenvalue weighted by Crippen LogP contribution is 2.52. The van der Waals surface area contributed by atoms with Gasteiger partial charge in [0, 0.05) is 45.0 Å². The molecule has 17 heteroatoms. The molecule has 9 rings (SSSR count). The number of aryl methyl sites for hydroxylation is 2. The van der Waals surface area contributed by atoms with Crippen LogP contribution in [-0.4, -0.2) is 79.3 Å². The molecule has 2 aromatic carbocycles. The van der Waals surface area contributed by atoms with E-state index in [0.29, 0.717) is 74.2 Å². The quantitative estimate of drug-likeness (QED) is 0.0530. The molecule has 0 radical (unpaired) electrons. The summed E-state index contributed by atoms with van der Waals surface area (Å²) in [5, 5.41) is 9.96. The maximum Gasteiger partial charge on any atom is 0.329 e. The number of pyridine rings is 1. The Hall–Kier alpha value is -6.33. The van der Waals surface area contributed by atoms with Gasteiger partial charge in [0.1, 0.15) is 17.9 Å². The van der Waals surface area contributed by atoms with Gasteiger partial charge in [-0.05, 0) is 111 Å². The van der Waals surface area contributed by atoms with E-state index in [1.54, 1.807) is 34.5 Å². The van der Waals surface area contributed by atoms with E-state index in [1.807, 2.05) is 42.5 Å². The van der Waals surface area contributed by atoms with Gasteiger partial charge in [-0.1, -0.05) is 24.3 Å². The second kappa shape index (κ2) is 19.0. The number of ether oxygens (including phenoxy) is 2. The van der Waals surface area contributed by atoms with Gasteiger partial charge in [0.15, 0.2) is 17.2 Å². The Labute approximate surface area is 373 Å². The maximum atomic E-state index is 14.2. The van der Waals surface area contributed by atoms with Crippen LogP contribution in [0.3, 0.4) is 0 Å². The molecule has 2 N–H and O–H groups in total. The highest BCUT2D eigenvalue weighted by molar-refractivity contribution is 6.04. The normalized spacial score (nSPS) is 17.0. The van der Waals surface area contributed by atoms with Crippen molar-refractivity contribution in [2.45, 2.75) is 88.5 Å². The number of carbonyl (C=O) groups is 3. The molecule has 3 aliphatic rings. The molecule has 3 saturated carbocycles. The van der Waals surface area contributed by atoms with E-state index in [9.17, 15) is 28.0 Å². The second-order valence-electron chi connectivity index (χ2n) is 17.4. The molecule has 6 aromatic rings. The smallest absolute Gasteiger partial charge is 0.329 e. The Bertz CT molecular complexity index is 2750. The van der Waals surface area contributed by atoms with Crippen LogP contribution in [0.4, 0.5) is 20.3 Å². The van der Waals surface area contributed by atoms with Crippen LogP contribution in [0.1, 0.15) is 104 Å². The molecule has 4 heterocycles. The van der Waals surface area contributed by atoms with Crippen LogP contribution < -0.4 is 16.3 Å². The molecule has 1 unspecified atom stereocenters. The number of alkyl halides is 2. The lowest BCUT2D eigenvalue weighted by Gasteiger charge is -2.21. The predicted octanol–water partition coefficient (Wildman–Crippen LogP) is 7.93. The number of benzene rings is 2. The summed E-state index contributed by atoms with van der Waals surface area (Å²) in [6.45, 7) is 2.91. The van der Waals surface area contributed by atoms with Crippen molar-refractivity contribution in [1.29, 1.82) is 0 Å². The number of hydrogen-bond donors (Lipinski definition) is 2. The first-order chi connectivity index (χ1) is 31.6. The van der Waals surface area contributed by atoms with Crippen LogP contribution in [0.5, 0.6) is 0 Å². The minimum absolute atomic E-state index is 0.0511. The minimum atomic E-state index is -2.93. The van der Waals surface area contributed by atoms with Gasteiger partial charge < -0.3 is 24.5 Å². The van der Waals surface area contributed by atoms with E-state index in [4.69, 9.17) is 13.9 Å². The molecule has 0 saturated heterocycles. The van der Waals surface area contributed by atoms with Crippen molar-refractivity contribution in [2.75, 3.05) is 43.6 Å². The number of anilines is 2. The van der Waals surface area contributed by atoms with Crippen molar-refractivity contribution in [1.82, 2.24) is 28.9 Å². The third-order valence-corrected chi connectivity index (χ3v) is 12.8. The number of hydrogen-bond acceptors (Lipinski definition) is 11. The lowest BCUT2D eigenvalue weighted by Crippen LogP contribution is -2.34. The predicted molar refractivity (Wildman–Crippen MR) is 238 cm³/mol. The molecule has 3 fully saturated rings. The van der Waals surface area contributed by atoms with Crippen LogP contribution in [-0.2, 0) is 37.9 Å². The van der Waals surface area contributed by atoms with E-state index in [2.05, 4.69) is 25.7 Å². The highest BCUT2D eigenvalue weighted by Gasteiger charge is 2.43. The molecule has 15 nitrogen and oxygen atoms in total. The third kappa shape index (κ3) is 9.85. The Morgan fingerprint density at radius 2 is 1.77 bits per heavy atom. The first-order valence-electron chi connectivity index (χ1n) is 22.4. The average molecular weight is 891 g/mol. The highest BCUT2D eigenvalue weighted by atomic mass is 19.3. The fourth-order valence-electron chi connectivity index (χ4n) is 8.86. The maximum absolute atomic E-state index is 14.2. The summed E-state index contributed by atoms with van der Waals surface area (Å²) in [4.78, 5) is 59.5. The van der Waals surface area contributed by atoms with Gasteiger partial charge in [-0.25, -0.2) is 28.2 Å². The first kappa shape index (κ1) is 43.9. The number of nitrogens with one attached hydrogen (secondary N) is 2. The number of oxazole rings is 1. The van der Waals surface area contributed by atoms with Crippen molar-refractivity contribution in [3.63, 3.8) is 0 Å². The Balaban J connectivity index is 0.711. The summed E-state index contributed by atoms with van der Waals surface area (Å²) >= 11 is 0. The van der Waals surface area contributed by atoms with Crippen LogP contribution >= 0.6 is 0 Å². The molecule has 3 aliphatic carbocycles. The number of nitrogens with zero attached hydrogens (tertiary/aromatic N) is 6. The van der Waals surface area contributed by atoms with Crippen LogP contribution in [0.2, 0.25) is 0 Å². The second-order valence-corrected chi connectivity index (χ2v) is 17.4. The molecular weight excluding hydrogens is 839 g/mol. The lowest BCUT2D eigenvalue weighted by molar-refractivity contribution is -0.132. The molecule has 0 aliphatic heterocycles. The summed E-state index contributed by atoms with van der Waals surface area (Å²) in [6, 6.07) is 16.4. The topological polar surface area (TPSA) is 177 Å². The number of aromatic nitrogens is 6. The molecule has 4 aromatic heterocycles. The Kier molecular flexibility index (Phi) is 12.8. The number of para-hydroxylation sites is 1. The molecular formula is C48H52F2N8O7. The van der Waals surface area contributed by atoms with E-state index >= 15 is 0 Å². The number of Topliss-reactive ketones (excluding diaryl/α,β-unsaturated/α-hetero) is 2. The number of fused-ring (bicyclic) bond motifs is 1. The van der Waals surface area contributed by atoms with Gasteiger partial charge in [0.25, 0.3) is 12.3 Å². The lowest BCUT2D eigenvalue weighted by atomic mass is 9.91. The first-order valence-corrected chi connectivity index (χ1v) is 22.4. The number of ketones is 2. The number of carbonyl (C=O) groups excluding carboxylic acids is 3. The third-order valence-electron chi connectivity index (χ3n) is 12.8. The summed E-state index contributed by atoms with van der Waals surface area (Å²) in [7, 11) is 1.72. The van der Waals surface area contributed by atoms with Gasteiger partial charge in [0.2, 0.25) is 5.89 Å². The van der Waals surface area contributed by atoms with Crippen molar-refractivity contribution in [3.05, 3.63) is 106 Å². The Morgan fingerprint density at radius 3 is 2.51 bits per heavy atom. The van der Waals surface area contributed by atoms with Crippen molar-refractivity contribution in [3.8, 4) is 17.1 Å². The number of amides is 1. The van der Waals surface area contributed by atoms with Crippen molar-refractivity contribution >= 4 is 40.0 Å². The van der Waals surface area contributed by atoms with Gasteiger partial charge >= 0.3 is 5.69 Å². The average Bonchev–Trinajstić information content (AvgIpc) is 4.18. The van der Waals surface area contributed by atoms with Crippen LogP contribution in [0.25, 0.3) is 28.2 Å². The molecule has 1 atom stereocenters.